The number of nitrogens with one attached hydrogen (secondary N) is 2. The first-order chi connectivity index (χ1) is 16.1. The monoisotopic (exact) mass is 474 g/mol. The van der Waals surface area contributed by atoms with E-state index in [1.807, 2.05) is 4.90 Å². The van der Waals surface area contributed by atoms with E-state index in [4.69, 9.17) is 0 Å². The van der Waals surface area contributed by atoms with Gasteiger partial charge in [0.15, 0.2) is 0 Å². The number of carbonyl (C=O) groups is 3. The van der Waals surface area contributed by atoms with Gasteiger partial charge in [-0.15, -0.1) is 0 Å². The molecule has 0 spiro atoms. The molecule has 4 amide bonds. The molecule has 180 valence electrons. The molecule has 34 heavy (non-hydrogen) atoms. The second-order valence-electron chi connectivity index (χ2n) is 8.64. The maximum absolute atomic E-state index is 13.3. The minimum absolute atomic E-state index is 0.000370. The van der Waals surface area contributed by atoms with Crippen molar-refractivity contribution in [1.29, 1.82) is 0 Å². The van der Waals surface area contributed by atoms with Crippen LogP contribution in [0.4, 0.5) is 29.3 Å². The number of rotatable bonds is 5. The molecule has 0 saturated carbocycles. The Labute approximate surface area is 194 Å². The molecule has 2 saturated heterocycles. The van der Waals surface area contributed by atoms with Gasteiger partial charge in [-0.3, -0.25) is 14.5 Å². The summed E-state index contributed by atoms with van der Waals surface area (Å²) in [5.41, 5.74) is -1.20. The van der Waals surface area contributed by atoms with Crippen LogP contribution in [0.1, 0.15) is 37.3 Å². The van der Waals surface area contributed by atoms with Crippen molar-refractivity contribution in [1.82, 2.24) is 10.2 Å². The van der Waals surface area contributed by atoms with Crippen molar-refractivity contribution in [3.05, 3.63) is 59.7 Å². The van der Waals surface area contributed by atoms with Crippen molar-refractivity contribution in [2.45, 2.75) is 37.9 Å². The minimum Gasteiger partial charge on any atom is -0.370 e. The number of hydrogen-bond acceptors (Lipinski definition) is 4. The van der Waals surface area contributed by atoms with Crippen LogP contribution in [-0.2, 0) is 21.3 Å². The maximum Gasteiger partial charge on any atom is 0.416 e. The number of urea groups is 1. The fourth-order valence-corrected chi connectivity index (χ4v) is 4.36. The lowest BCUT2D eigenvalue weighted by molar-refractivity contribution is -0.137. The lowest BCUT2D eigenvalue weighted by Crippen LogP contribution is -2.42. The molecule has 1 atom stereocenters. The van der Waals surface area contributed by atoms with Crippen LogP contribution in [0.15, 0.2) is 48.5 Å². The third-order valence-electron chi connectivity index (χ3n) is 6.22. The number of anilines is 2. The zero-order chi connectivity index (χ0) is 24.5. The summed E-state index contributed by atoms with van der Waals surface area (Å²) in [6.45, 7) is 2.25. The van der Waals surface area contributed by atoms with Crippen LogP contribution in [0.2, 0.25) is 0 Å². The summed E-state index contributed by atoms with van der Waals surface area (Å²) >= 11 is 0. The van der Waals surface area contributed by atoms with E-state index in [-0.39, 0.29) is 5.69 Å². The van der Waals surface area contributed by atoms with Crippen LogP contribution in [0.5, 0.6) is 0 Å². The summed E-state index contributed by atoms with van der Waals surface area (Å²) in [4.78, 5) is 41.1. The third kappa shape index (κ3) is 4.57. The Bertz CT molecular complexity index is 1100. The fraction of sp³-hybridized carbons (Fsp3) is 0.375. The van der Waals surface area contributed by atoms with E-state index in [0.717, 1.165) is 36.3 Å². The zero-order valence-corrected chi connectivity index (χ0v) is 18.6. The van der Waals surface area contributed by atoms with Crippen molar-refractivity contribution >= 4 is 29.2 Å². The normalized spacial score (nSPS) is 20.9. The van der Waals surface area contributed by atoms with Crippen molar-refractivity contribution in [2.75, 3.05) is 29.9 Å². The van der Waals surface area contributed by atoms with Gasteiger partial charge < -0.3 is 15.5 Å². The molecule has 2 heterocycles. The van der Waals surface area contributed by atoms with Crippen LogP contribution in [0, 0.1) is 0 Å². The summed E-state index contributed by atoms with van der Waals surface area (Å²) in [6, 6.07) is 11.1. The van der Waals surface area contributed by atoms with Crippen molar-refractivity contribution < 1.29 is 27.6 Å². The van der Waals surface area contributed by atoms with Crippen molar-refractivity contribution in [3.63, 3.8) is 0 Å². The van der Waals surface area contributed by atoms with Gasteiger partial charge in [0.1, 0.15) is 12.1 Å². The Morgan fingerprint density at radius 1 is 1.06 bits per heavy atom. The van der Waals surface area contributed by atoms with E-state index in [1.54, 1.807) is 37.3 Å². The molecule has 2 aromatic carbocycles. The quantitative estimate of drug-likeness (QED) is 0.640. The van der Waals surface area contributed by atoms with Crippen molar-refractivity contribution in [2.24, 2.45) is 0 Å². The number of piperidine rings is 1. The predicted octanol–water partition coefficient (Wildman–Crippen LogP) is 4.10. The molecule has 0 unspecified atom stereocenters. The molecule has 2 fully saturated rings. The van der Waals surface area contributed by atoms with Gasteiger partial charge in [0, 0.05) is 13.1 Å². The first kappa shape index (κ1) is 23.6. The van der Waals surface area contributed by atoms with E-state index in [2.05, 4.69) is 10.6 Å². The highest BCUT2D eigenvalue weighted by atomic mass is 19.4. The number of benzene rings is 2. The van der Waals surface area contributed by atoms with E-state index in [9.17, 15) is 27.6 Å². The summed E-state index contributed by atoms with van der Waals surface area (Å²) < 4.78 is 40.0. The Hall–Kier alpha value is -3.56. The summed E-state index contributed by atoms with van der Waals surface area (Å²) in [6.07, 6.45) is -1.75. The molecular formula is C24H25F3N4O3. The van der Waals surface area contributed by atoms with Crippen LogP contribution in [0.25, 0.3) is 0 Å². The average Bonchev–Trinajstić information content (AvgIpc) is 3.03. The number of amides is 4. The highest BCUT2D eigenvalue weighted by Gasteiger charge is 2.49. The second-order valence-corrected chi connectivity index (χ2v) is 8.64. The van der Waals surface area contributed by atoms with Gasteiger partial charge in [0.05, 0.1) is 16.9 Å². The summed E-state index contributed by atoms with van der Waals surface area (Å²) in [7, 11) is 0. The number of alkyl halides is 3. The molecule has 2 N–H and O–H groups in total. The molecule has 0 aliphatic carbocycles. The van der Waals surface area contributed by atoms with E-state index < -0.39 is 41.7 Å². The molecule has 0 bridgehead atoms. The molecule has 0 aromatic heterocycles. The van der Waals surface area contributed by atoms with E-state index in [1.165, 1.54) is 6.07 Å². The van der Waals surface area contributed by atoms with Gasteiger partial charge >= 0.3 is 12.2 Å². The zero-order valence-electron chi connectivity index (χ0n) is 18.6. The Morgan fingerprint density at radius 3 is 2.38 bits per heavy atom. The molecule has 10 heteroatoms. The largest absolute Gasteiger partial charge is 0.416 e. The number of nitrogens with zero attached hydrogens (tertiary/aromatic N) is 2. The molecule has 2 aliphatic rings. The Morgan fingerprint density at radius 2 is 1.74 bits per heavy atom. The first-order valence-corrected chi connectivity index (χ1v) is 11.1. The van der Waals surface area contributed by atoms with Crippen LogP contribution >= 0.6 is 0 Å². The van der Waals surface area contributed by atoms with Crippen molar-refractivity contribution in [3.8, 4) is 0 Å². The second kappa shape index (κ2) is 9.00. The topological polar surface area (TPSA) is 81.8 Å². The van der Waals surface area contributed by atoms with Gasteiger partial charge in [0.25, 0.3) is 5.91 Å². The SMILES string of the molecule is C[C@@]1(c2ccccc2)NC(=O)N(CC(=O)Nc2cc(C(F)(F)F)ccc2N2CCCCC2)C1=O. The van der Waals surface area contributed by atoms with Gasteiger partial charge in [-0.25, -0.2) is 4.79 Å². The third-order valence-corrected chi connectivity index (χ3v) is 6.22. The maximum atomic E-state index is 13.3. The first-order valence-electron chi connectivity index (χ1n) is 11.1. The van der Waals surface area contributed by atoms with Crippen LogP contribution in [-0.4, -0.2) is 42.4 Å². The number of halogens is 3. The Kier molecular flexibility index (Phi) is 6.24. The average molecular weight is 474 g/mol. The number of carbonyl (C=O) groups excluding carboxylic acids is 3. The van der Waals surface area contributed by atoms with Crippen LogP contribution in [0.3, 0.4) is 0 Å². The number of hydrogen-bond donors (Lipinski definition) is 2. The molecular weight excluding hydrogens is 449 g/mol. The Balaban J connectivity index is 1.55. The summed E-state index contributed by atoms with van der Waals surface area (Å²) in [5.74, 6) is -1.38. The smallest absolute Gasteiger partial charge is 0.370 e. The summed E-state index contributed by atoms with van der Waals surface area (Å²) in [5, 5.41) is 5.11. The standard InChI is InChI=1S/C24H25F3N4O3/c1-23(16-8-4-2-5-9-16)21(33)31(22(34)29-23)15-20(32)28-18-14-17(24(25,26)27)10-11-19(18)30-12-6-3-7-13-30/h2,4-5,8-11,14H,3,6-7,12-13,15H2,1H3,(H,28,32)(H,29,34)/t23-/m0/s1. The fourth-order valence-electron chi connectivity index (χ4n) is 4.36. The van der Waals surface area contributed by atoms with E-state index >= 15 is 0 Å². The molecule has 0 radical (unpaired) electrons. The molecule has 7 nitrogen and oxygen atoms in total. The predicted molar refractivity (Wildman–Crippen MR) is 120 cm³/mol. The van der Waals surface area contributed by atoms with Gasteiger partial charge in [-0.1, -0.05) is 30.3 Å². The van der Waals surface area contributed by atoms with Crippen LogP contribution < -0.4 is 15.5 Å². The number of imide groups is 1. The van der Waals surface area contributed by atoms with Gasteiger partial charge in [0.2, 0.25) is 5.91 Å². The minimum atomic E-state index is -4.58. The molecule has 4 rings (SSSR count). The lowest BCUT2D eigenvalue weighted by atomic mass is 9.92. The van der Waals surface area contributed by atoms with E-state index in [0.29, 0.717) is 24.3 Å². The molecule has 2 aromatic rings. The highest BCUT2D eigenvalue weighted by Crippen LogP contribution is 2.36. The van der Waals surface area contributed by atoms with Gasteiger partial charge in [-0.2, -0.15) is 13.2 Å². The highest BCUT2D eigenvalue weighted by molar-refractivity contribution is 6.10. The molecule has 2 aliphatic heterocycles. The van der Waals surface area contributed by atoms with Gasteiger partial charge in [-0.05, 0) is 49.9 Å². The lowest BCUT2D eigenvalue weighted by Gasteiger charge is -2.31.